The van der Waals surface area contributed by atoms with E-state index in [1.54, 1.807) is 13.8 Å². The topological polar surface area (TPSA) is 75.7 Å². The second-order valence-electron chi connectivity index (χ2n) is 4.30. The van der Waals surface area contributed by atoms with Gasteiger partial charge in [-0.3, -0.25) is 4.79 Å². The Morgan fingerprint density at radius 3 is 2.78 bits per heavy atom. The molecule has 1 aliphatic rings. The van der Waals surface area contributed by atoms with Gasteiger partial charge in [-0.05, 0) is 26.7 Å². The Kier molecular flexibility index (Phi) is 5.30. The molecule has 6 nitrogen and oxygen atoms in total. The molecule has 1 aliphatic heterocycles. The van der Waals surface area contributed by atoms with Crippen molar-refractivity contribution in [3.63, 3.8) is 0 Å². The van der Waals surface area contributed by atoms with Crippen molar-refractivity contribution in [2.45, 2.75) is 32.7 Å². The van der Waals surface area contributed by atoms with Crippen molar-refractivity contribution in [3.05, 3.63) is 12.2 Å². The predicted molar refractivity (Wildman–Crippen MR) is 68.1 cm³/mol. The monoisotopic (exact) mass is 276 g/mol. The Bertz CT molecular complexity index is 419. The number of esters is 1. The molecule has 18 heavy (non-hydrogen) atoms. The van der Waals surface area contributed by atoms with Crippen molar-refractivity contribution in [3.8, 4) is 0 Å². The molecule has 1 N–H and O–H groups in total. The summed E-state index contributed by atoms with van der Waals surface area (Å²) in [5.74, 6) is -0.476. The smallest absolute Gasteiger partial charge is 0.324 e. The molecule has 0 aromatic rings. The van der Waals surface area contributed by atoms with Gasteiger partial charge in [0, 0.05) is 13.1 Å². The van der Waals surface area contributed by atoms with Gasteiger partial charge in [-0.15, -0.1) is 0 Å². The fraction of sp³-hybridized carbons (Fsp3) is 0.727. The highest BCUT2D eigenvalue weighted by Crippen LogP contribution is 2.21. The van der Waals surface area contributed by atoms with Crippen molar-refractivity contribution >= 4 is 16.2 Å². The summed E-state index contributed by atoms with van der Waals surface area (Å²) in [6, 6.07) is -0.701. The molecule has 0 saturated carbocycles. The third-order valence-electron chi connectivity index (χ3n) is 2.63. The Balaban J connectivity index is 2.74. The average Bonchev–Trinajstić information content (AvgIpc) is 2.76. The van der Waals surface area contributed by atoms with E-state index in [-0.39, 0.29) is 13.2 Å². The lowest BCUT2D eigenvalue weighted by Crippen LogP contribution is -2.47. The number of hydrogen-bond acceptors (Lipinski definition) is 4. The normalized spacial score (nSPS) is 20.9. The van der Waals surface area contributed by atoms with Crippen LogP contribution in [0.4, 0.5) is 0 Å². The molecule has 0 aromatic heterocycles. The quantitative estimate of drug-likeness (QED) is 0.563. The lowest BCUT2D eigenvalue weighted by atomic mass is 10.2. The van der Waals surface area contributed by atoms with E-state index in [0.717, 1.165) is 0 Å². The zero-order valence-corrected chi connectivity index (χ0v) is 11.6. The average molecular weight is 276 g/mol. The largest absolute Gasteiger partial charge is 0.465 e. The van der Waals surface area contributed by atoms with E-state index in [1.807, 2.05) is 0 Å². The minimum atomic E-state index is -3.65. The summed E-state index contributed by atoms with van der Waals surface area (Å²) in [4.78, 5) is 11.7. The summed E-state index contributed by atoms with van der Waals surface area (Å²) >= 11 is 0. The minimum Gasteiger partial charge on any atom is -0.465 e. The molecule has 0 aliphatic carbocycles. The summed E-state index contributed by atoms with van der Waals surface area (Å²) in [5.41, 5.74) is 0.713. The molecule has 1 unspecified atom stereocenters. The van der Waals surface area contributed by atoms with Crippen LogP contribution >= 0.6 is 0 Å². The highest BCUT2D eigenvalue weighted by atomic mass is 32.2. The van der Waals surface area contributed by atoms with Gasteiger partial charge >= 0.3 is 5.97 Å². The SMILES string of the molecule is C=C(C)CNS(=O)(=O)N1CCCC1C(=O)OCC. The zero-order valence-electron chi connectivity index (χ0n) is 10.8. The number of nitrogens with zero attached hydrogens (tertiary/aromatic N) is 1. The van der Waals surface area contributed by atoms with Gasteiger partial charge in [0.1, 0.15) is 6.04 Å². The zero-order chi connectivity index (χ0) is 13.8. The van der Waals surface area contributed by atoms with Crippen molar-refractivity contribution in [1.29, 1.82) is 0 Å². The van der Waals surface area contributed by atoms with Crippen molar-refractivity contribution in [2.75, 3.05) is 19.7 Å². The van der Waals surface area contributed by atoms with Crippen LogP contribution < -0.4 is 4.72 Å². The molecule has 0 aromatic carbocycles. The van der Waals surface area contributed by atoms with E-state index in [9.17, 15) is 13.2 Å². The highest BCUT2D eigenvalue weighted by molar-refractivity contribution is 7.87. The summed E-state index contributed by atoms with van der Waals surface area (Å²) in [5, 5.41) is 0. The predicted octanol–water partition coefficient (Wildman–Crippen LogP) is 0.424. The molecule has 1 fully saturated rings. The molecule has 7 heteroatoms. The Morgan fingerprint density at radius 1 is 1.56 bits per heavy atom. The molecule has 1 saturated heterocycles. The number of ether oxygens (including phenoxy) is 1. The Morgan fingerprint density at radius 2 is 2.22 bits per heavy atom. The van der Waals surface area contributed by atoms with Crippen molar-refractivity contribution < 1.29 is 17.9 Å². The Labute approximate surface area is 108 Å². The first-order chi connectivity index (χ1) is 8.38. The third kappa shape index (κ3) is 3.79. The summed E-state index contributed by atoms with van der Waals surface area (Å²) in [7, 11) is -3.65. The maximum Gasteiger partial charge on any atom is 0.324 e. The fourth-order valence-electron chi connectivity index (χ4n) is 1.80. The van der Waals surface area contributed by atoms with Crippen LogP contribution in [-0.2, 0) is 19.7 Å². The minimum absolute atomic E-state index is 0.175. The lowest BCUT2D eigenvalue weighted by molar-refractivity contribution is -0.146. The van der Waals surface area contributed by atoms with Crippen LogP contribution in [0.5, 0.6) is 0 Å². The van der Waals surface area contributed by atoms with Crippen molar-refractivity contribution in [1.82, 2.24) is 9.03 Å². The van der Waals surface area contributed by atoms with Crippen molar-refractivity contribution in [2.24, 2.45) is 0 Å². The molecule has 1 heterocycles. The molecule has 1 atom stereocenters. The molecule has 104 valence electrons. The first kappa shape index (κ1) is 15.1. The van der Waals surface area contributed by atoms with E-state index in [2.05, 4.69) is 11.3 Å². The van der Waals surface area contributed by atoms with Crippen LogP contribution in [-0.4, -0.2) is 44.4 Å². The summed E-state index contributed by atoms with van der Waals surface area (Å²) in [6.45, 7) is 7.83. The van der Waals surface area contributed by atoms with Gasteiger partial charge in [0.25, 0.3) is 10.2 Å². The third-order valence-corrected chi connectivity index (χ3v) is 4.19. The van der Waals surface area contributed by atoms with Gasteiger partial charge < -0.3 is 4.74 Å². The molecular formula is C11H20N2O4S. The standard InChI is InChI=1S/C11H20N2O4S/c1-4-17-11(14)10-6-5-7-13(10)18(15,16)12-8-9(2)3/h10,12H,2,4-8H2,1,3H3. The van der Waals surface area contributed by atoms with E-state index in [4.69, 9.17) is 4.74 Å². The summed E-state index contributed by atoms with van der Waals surface area (Å²) in [6.07, 6.45) is 1.17. The van der Waals surface area contributed by atoms with Crippen LogP contribution in [0.3, 0.4) is 0 Å². The first-order valence-electron chi connectivity index (χ1n) is 5.96. The first-order valence-corrected chi connectivity index (χ1v) is 7.40. The molecule has 0 spiro atoms. The molecule has 0 bridgehead atoms. The number of carbonyl (C=O) groups is 1. The lowest BCUT2D eigenvalue weighted by Gasteiger charge is -2.22. The van der Waals surface area contributed by atoms with E-state index in [1.165, 1.54) is 4.31 Å². The van der Waals surface area contributed by atoms with Gasteiger partial charge in [-0.1, -0.05) is 12.2 Å². The van der Waals surface area contributed by atoms with Crippen LogP contribution in [0.25, 0.3) is 0 Å². The maximum atomic E-state index is 12.0. The summed E-state index contributed by atoms with van der Waals surface area (Å²) < 4.78 is 32.5. The highest BCUT2D eigenvalue weighted by Gasteiger charge is 2.39. The van der Waals surface area contributed by atoms with E-state index < -0.39 is 22.2 Å². The number of rotatable bonds is 6. The number of carbonyl (C=O) groups excluding carboxylic acids is 1. The van der Waals surface area contributed by atoms with E-state index in [0.29, 0.717) is 25.0 Å². The maximum absolute atomic E-state index is 12.0. The fourth-order valence-corrected chi connectivity index (χ4v) is 3.29. The molecule has 0 radical (unpaired) electrons. The van der Waals surface area contributed by atoms with Gasteiger partial charge in [-0.2, -0.15) is 17.4 Å². The van der Waals surface area contributed by atoms with Gasteiger partial charge in [0.05, 0.1) is 6.61 Å². The van der Waals surface area contributed by atoms with Gasteiger partial charge in [0.15, 0.2) is 0 Å². The van der Waals surface area contributed by atoms with Crippen LogP contribution in [0.2, 0.25) is 0 Å². The van der Waals surface area contributed by atoms with Gasteiger partial charge in [0.2, 0.25) is 0 Å². The second-order valence-corrected chi connectivity index (χ2v) is 6.01. The number of nitrogens with one attached hydrogen (secondary N) is 1. The van der Waals surface area contributed by atoms with Crippen LogP contribution in [0, 0.1) is 0 Å². The van der Waals surface area contributed by atoms with Gasteiger partial charge in [-0.25, -0.2) is 0 Å². The molecule has 0 amide bonds. The molecular weight excluding hydrogens is 256 g/mol. The van der Waals surface area contributed by atoms with E-state index >= 15 is 0 Å². The molecule has 1 rings (SSSR count). The Hall–Kier alpha value is -0.920. The second kappa shape index (κ2) is 6.31. The number of hydrogen-bond donors (Lipinski definition) is 1. The van der Waals surface area contributed by atoms with Crippen LogP contribution in [0.15, 0.2) is 12.2 Å². The van der Waals surface area contributed by atoms with Crippen LogP contribution in [0.1, 0.15) is 26.7 Å².